The Kier molecular flexibility index (Phi) is 8.15. The topological polar surface area (TPSA) is 59.0 Å². The van der Waals surface area contributed by atoms with Gasteiger partial charge in [-0.25, -0.2) is 0 Å². The van der Waals surface area contributed by atoms with Crippen LogP contribution in [-0.4, -0.2) is 62.5 Å². The van der Waals surface area contributed by atoms with Crippen LogP contribution in [0.5, 0.6) is 0 Å². The van der Waals surface area contributed by atoms with Gasteiger partial charge in [-0.3, -0.25) is 9.69 Å². The van der Waals surface area contributed by atoms with Crippen molar-refractivity contribution in [3.63, 3.8) is 0 Å². The number of esters is 1. The van der Waals surface area contributed by atoms with Gasteiger partial charge in [-0.1, -0.05) is 6.92 Å². The van der Waals surface area contributed by atoms with Crippen molar-refractivity contribution in [2.24, 2.45) is 5.92 Å². The van der Waals surface area contributed by atoms with Gasteiger partial charge < -0.3 is 14.6 Å². The number of carbonyl (C=O) groups excluding carboxylic acids is 1. The van der Waals surface area contributed by atoms with Gasteiger partial charge in [0, 0.05) is 26.2 Å². The molecule has 0 radical (unpaired) electrons. The van der Waals surface area contributed by atoms with E-state index >= 15 is 0 Å². The highest BCUT2D eigenvalue weighted by atomic mass is 16.5. The Hall–Kier alpha value is -0.650. The maximum atomic E-state index is 11.4. The average Bonchev–Trinajstić information content (AvgIpc) is 2.31. The molecular formula is C11H23NO4. The van der Waals surface area contributed by atoms with Crippen molar-refractivity contribution >= 4 is 5.97 Å². The van der Waals surface area contributed by atoms with Gasteiger partial charge in [0.25, 0.3) is 0 Å². The molecular weight excluding hydrogens is 210 g/mol. The van der Waals surface area contributed by atoms with E-state index in [1.165, 1.54) is 7.11 Å². The quantitative estimate of drug-likeness (QED) is 0.604. The van der Waals surface area contributed by atoms with E-state index in [2.05, 4.69) is 0 Å². The molecule has 0 fully saturated rings. The number of ether oxygens (including phenoxy) is 2. The van der Waals surface area contributed by atoms with Crippen LogP contribution in [0.25, 0.3) is 0 Å². The highest BCUT2D eigenvalue weighted by Gasteiger charge is 2.25. The third-order valence-electron chi connectivity index (χ3n) is 2.84. The van der Waals surface area contributed by atoms with E-state index in [4.69, 9.17) is 14.6 Å². The van der Waals surface area contributed by atoms with Crippen LogP contribution in [0.2, 0.25) is 0 Å². The number of nitrogens with zero attached hydrogens (tertiary/aromatic N) is 1. The predicted octanol–water partition coefficient (Wildman–Crippen LogP) is 0.125. The average molecular weight is 233 g/mol. The lowest BCUT2D eigenvalue weighted by Crippen LogP contribution is -2.43. The molecule has 0 saturated carbocycles. The van der Waals surface area contributed by atoms with Crippen LogP contribution in [0.4, 0.5) is 0 Å². The molecule has 0 aromatic heterocycles. The molecule has 96 valence electrons. The third kappa shape index (κ3) is 4.92. The second-order valence-corrected chi connectivity index (χ2v) is 3.80. The summed E-state index contributed by atoms with van der Waals surface area (Å²) in [6.45, 7) is 5.66. The second kappa shape index (κ2) is 8.50. The smallest absolute Gasteiger partial charge is 0.309 e. The molecule has 0 heterocycles. The van der Waals surface area contributed by atoms with Gasteiger partial charge in [0.1, 0.15) is 0 Å². The molecule has 0 bridgehead atoms. The molecule has 5 nitrogen and oxygen atoms in total. The van der Waals surface area contributed by atoms with Crippen molar-refractivity contribution in [2.75, 3.05) is 40.5 Å². The fourth-order valence-electron chi connectivity index (χ4n) is 1.56. The number of methoxy groups -OCH3 is 2. The monoisotopic (exact) mass is 233 g/mol. The predicted molar refractivity (Wildman–Crippen MR) is 61.2 cm³/mol. The number of hydrogen-bond acceptors (Lipinski definition) is 5. The second-order valence-electron chi connectivity index (χ2n) is 3.80. The summed E-state index contributed by atoms with van der Waals surface area (Å²) in [4.78, 5) is 13.4. The molecule has 2 atom stereocenters. The maximum absolute atomic E-state index is 11.4. The summed E-state index contributed by atoms with van der Waals surface area (Å²) >= 11 is 0. The van der Waals surface area contributed by atoms with E-state index in [0.29, 0.717) is 19.7 Å². The van der Waals surface area contributed by atoms with Gasteiger partial charge in [0.15, 0.2) is 0 Å². The number of aliphatic hydroxyl groups is 1. The van der Waals surface area contributed by atoms with Crippen LogP contribution in [-0.2, 0) is 14.3 Å². The normalized spacial score (nSPS) is 14.9. The van der Waals surface area contributed by atoms with Crippen LogP contribution in [0.15, 0.2) is 0 Å². The Labute approximate surface area is 97.3 Å². The zero-order valence-corrected chi connectivity index (χ0v) is 10.6. The lowest BCUT2D eigenvalue weighted by molar-refractivity contribution is -0.147. The van der Waals surface area contributed by atoms with E-state index < -0.39 is 0 Å². The van der Waals surface area contributed by atoms with E-state index in [9.17, 15) is 4.79 Å². The lowest BCUT2D eigenvalue weighted by Gasteiger charge is -2.31. The zero-order chi connectivity index (χ0) is 12.6. The van der Waals surface area contributed by atoms with Gasteiger partial charge in [0.2, 0.25) is 0 Å². The standard InChI is InChI=1S/C11H23NO4/c1-9(11(14)16-4)10(2)12(5-7-13)6-8-15-3/h9-10,13H,5-8H2,1-4H3. The molecule has 2 unspecified atom stereocenters. The van der Waals surface area contributed by atoms with Crippen molar-refractivity contribution in [3.8, 4) is 0 Å². The van der Waals surface area contributed by atoms with Gasteiger partial charge in [0.05, 0.1) is 26.2 Å². The summed E-state index contributed by atoms with van der Waals surface area (Å²) in [6, 6.07) is 0.0229. The van der Waals surface area contributed by atoms with Crippen LogP contribution >= 0.6 is 0 Å². The largest absolute Gasteiger partial charge is 0.469 e. The highest BCUT2D eigenvalue weighted by Crippen LogP contribution is 2.12. The number of aliphatic hydroxyl groups excluding tert-OH is 1. The SMILES string of the molecule is COCCN(CCO)C(C)C(C)C(=O)OC. The first-order valence-electron chi connectivity index (χ1n) is 5.50. The van der Waals surface area contributed by atoms with Crippen LogP contribution in [0, 0.1) is 5.92 Å². The van der Waals surface area contributed by atoms with Crippen LogP contribution in [0.1, 0.15) is 13.8 Å². The van der Waals surface area contributed by atoms with Gasteiger partial charge in [-0.2, -0.15) is 0 Å². The first kappa shape index (κ1) is 15.3. The third-order valence-corrected chi connectivity index (χ3v) is 2.84. The Morgan fingerprint density at radius 2 is 1.94 bits per heavy atom. The first-order chi connectivity index (χ1) is 7.58. The molecule has 0 aromatic rings. The highest BCUT2D eigenvalue weighted by molar-refractivity contribution is 5.72. The Balaban J connectivity index is 4.33. The molecule has 1 N–H and O–H groups in total. The molecule has 16 heavy (non-hydrogen) atoms. The molecule has 0 saturated heterocycles. The maximum Gasteiger partial charge on any atom is 0.309 e. The fourth-order valence-corrected chi connectivity index (χ4v) is 1.56. The molecule has 0 rings (SSSR count). The van der Waals surface area contributed by atoms with E-state index in [1.807, 2.05) is 18.7 Å². The van der Waals surface area contributed by atoms with Crippen molar-refractivity contribution in [2.45, 2.75) is 19.9 Å². The molecule has 0 aliphatic rings. The van der Waals surface area contributed by atoms with Crippen molar-refractivity contribution < 1.29 is 19.4 Å². The summed E-state index contributed by atoms with van der Waals surface area (Å²) in [7, 11) is 3.02. The summed E-state index contributed by atoms with van der Waals surface area (Å²) in [5, 5.41) is 8.96. The minimum atomic E-state index is -0.229. The van der Waals surface area contributed by atoms with E-state index in [-0.39, 0.29) is 24.5 Å². The number of carbonyl (C=O) groups is 1. The molecule has 0 aromatic carbocycles. The summed E-state index contributed by atoms with van der Waals surface area (Å²) in [5.41, 5.74) is 0. The molecule has 0 amide bonds. The Bertz CT molecular complexity index is 198. The minimum absolute atomic E-state index is 0.0229. The van der Waals surface area contributed by atoms with E-state index in [1.54, 1.807) is 7.11 Å². The lowest BCUT2D eigenvalue weighted by atomic mass is 10.0. The Morgan fingerprint density at radius 1 is 1.31 bits per heavy atom. The number of rotatable bonds is 8. The van der Waals surface area contributed by atoms with Crippen LogP contribution < -0.4 is 0 Å². The molecule has 0 spiro atoms. The molecule has 5 heteroatoms. The van der Waals surface area contributed by atoms with Crippen molar-refractivity contribution in [3.05, 3.63) is 0 Å². The first-order valence-corrected chi connectivity index (χ1v) is 5.50. The zero-order valence-electron chi connectivity index (χ0n) is 10.6. The molecule has 0 aliphatic heterocycles. The minimum Gasteiger partial charge on any atom is -0.469 e. The number of hydrogen-bond donors (Lipinski definition) is 1. The van der Waals surface area contributed by atoms with Crippen molar-refractivity contribution in [1.29, 1.82) is 0 Å². The summed E-state index contributed by atoms with van der Waals surface area (Å²) < 4.78 is 9.70. The van der Waals surface area contributed by atoms with Gasteiger partial charge in [-0.05, 0) is 6.92 Å². The van der Waals surface area contributed by atoms with Crippen LogP contribution in [0.3, 0.4) is 0 Å². The Morgan fingerprint density at radius 3 is 2.38 bits per heavy atom. The van der Waals surface area contributed by atoms with Gasteiger partial charge in [-0.15, -0.1) is 0 Å². The van der Waals surface area contributed by atoms with E-state index in [0.717, 1.165) is 0 Å². The van der Waals surface area contributed by atoms with Crippen molar-refractivity contribution in [1.82, 2.24) is 4.90 Å². The molecule has 0 aliphatic carbocycles. The summed E-state index contributed by atoms with van der Waals surface area (Å²) in [5.74, 6) is -0.443. The fraction of sp³-hybridized carbons (Fsp3) is 0.909. The van der Waals surface area contributed by atoms with Gasteiger partial charge >= 0.3 is 5.97 Å². The summed E-state index contributed by atoms with van der Waals surface area (Å²) in [6.07, 6.45) is 0.